The van der Waals surface area contributed by atoms with Crippen LogP contribution < -0.4 is 4.90 Å². The van der Waals surface area contributed by atoms with Gasteiger partial charge < -0.3 is 4.90 Å². The number of nitrogens with zero attached hydrogens (tertiary/aromatic N) is 1. The van der Waals surface area contributed by atoms with E-state index in [1.54, 1.807) is 0 Å². The van der Waals surface area contributed by atoms with Crippen LogP contribution in [-0.2, 0) is 5.41 Å². The van der Waals surface area contributed by atoms with Crippen LogP contribution in [0.4, 0.5) is 17.1 Å². The van der Waals surface area contributed by atoms with Gasteiger partial charge in [-0.15, -0.1) is 0 Å². The highest BCUT2D eigenvalue weighted by molar-refractivity contribution is 5.98. The van der Waals surface area contributed by atoms with Crippen LogP contribution >= 0.6 is 0 Å². The summed E-state index contributed by atoms with van der Waals surface area (Å²) in [6, 6.07) is 86.7. The van der Waals surface area contributed by atoms with E-state index in [4.69, 9.17) is 0 Å². The SMILES string of the molecule is c1ccc(C2(c3ccccc3)c3ccccc3-c3c(-c4ccc(N(c5ccc(-c6cccc7ccccc67)cc5)c5ccc6ccccc6c5)cc4)cccc32)cc1. The molecule has 0 N–H and O–H groups in total. The van der Waals surface area contributed by atoms with E-state index in [1.807, 2.05) is 0 Å². The van der Waals surface area contributed by atoms with E-state index in [1.165, 1.54) is 77.2 Å². The van der Waals surface area contributed by atoms with Crippen molar-refractivity contribution in [2.45, 2.75) is 5.41 Å². The van der Waals surface area contributed by atoms with Crippen LogP contribution in [0.15, 0.2) is 237 Å². The van der Waals surface area contributed by atoms with Gasteiger partial charge in [0, 0.05) is 17.1 Å². The molecule has 1 aliphatic carbocycles. The van der Waals surface area contributed by atoms with Gasteiger partial charge in [0.25, 0.3) is 0 Å². The third-order valence-electron chi connectivity index (χ3n) is 12.1. The Balaban J connectivity index is 1.05. The van der Waals surface area contributed by atoms with Gasteiger partial charge in [0.15, 0.2) is 0 Å². The molecule has 1 nitrogen and oxygen atoms in total. The van der Waals surface area contributed by atoms with Crippen LogP contribution in [0.5, 0.6) is 0 Å². The third-order valence-corrected chi connectivity index (χ3v) is 12.1. The summed E-state index contributed by atoms with van der Waals surface area (Å²) in [7, 11) is 0. The Kier molecular flexibility index (Phi) is 8.12. The summed E-state index contributed by atoms with van der Waals surface area (Å²) in [5, 5.41) is 4.96. The van der Waals surface area contributed by atoms with Crippen molar-refractivity contribution in [3.63, 3.8) is 0 Å². The Labute approximate surface area is 339 Å². The number of hydrogen-bond acceptors (Lipinski definition) is 1. The largest absolute Gasteiger partial charge is 0.310 e. The normalized spacial score (nSPS) is 12.6. The van der Waals surface area contributed by atoms with Crippen LogP contribution in [0, 0.1) is 0 Å². The molecule has 0 radical (unpaired) electrons. The molecular formula is C57H39N. The average molecular weight is 738 g/mol. The van der Waals surface area contributed by atoms with Crippen molar-refractivity contribution >= 4 is 38.6 Å². The predicted octanol–water partition coefficient (Wildman–Crippen LogP) is 15.2. The molecule has 0 aromatic heterocycles. The van der Waals surface area contributed by atoms with E-state index < -0.39 is 5.41 Å². The van der Waals surface area contributed by atoms with Gasteiger partial charge in [-0.1, -0.05) is 200 Å². The summed E-state index contributed by atoms with van der Waals surface area (Å²) in [5.74, 6) is 0. The van der Waals surface area contributed by atoms with E-state index in [0.717, 1.165) is 17.1 Å². The zero-order valence-electron chi connectivity index (χ0n) is 32.0. The molecule has 0 heterocycles. The fourth-order valence-electron chi connectivity index (χ4n) is 9.55. The highest BCUT2D eigenvalue weighted by atomic mass is 15.1. The smallest absolute Gasteiger partial charge is 0.0713 e. The van der Waals surface area contributed by atoms with Gasteiger partial charge in [0.05, 0.1) is 5.41 Å². The third kappa shape index (κ3) is 5.39. The number of fused-ring (bicyclic) bond motifs is 5. The summed E-state index contributed by atoms with van der Waals surface area (Å²) in [6.07, 6.45) is 0. The first kappa shape index (κ1) is 33.8. The molecular weight excluding hydrogens is 699 g/mol. The average Bonchev–Trinajstić information content (AvgIpc) is 3.61. The molecule has 0 amide bonds. The molecule has 0 atom stereocenters. The van der Waals surface area contributed by atoms with Gasteiger partial charge in [-0.05, 0) is 114 Å². The number of benzene rings is 10. The number of hydrogen-bond donors (Lipinski definition) is 0. The molecule has 0 bridgehead atoms. The Morgan fingerprint density at radius 2 is 0.776 bits per heavy atom. The van der Waals surface area contributed by atoms with E-state index in [9.17, 15) is 0 Å². The topological polar surface area (TPSA) is 3.24 Å². The van der Waals surface area contributed by atoms with Crippen molar-refractivity contribution in [2.75, 3.05) is 4.90 Å². The summed E-state index contributed by atoms with van der Waals surface area (Å²) in [4.78, 5) is 2.38. The fourth-order valence-corrected chi connectivity index (χ4v) is 9.55. The second-order valence-electron chi connectivity index (χ2n) is 15.2. The molecule has 272 valence electrons. The van der Waals surface area contributed by atoms with Crippen molar-refractivity contribution in [3.8, 4) is 33.4 Å². The first-order valence-corrected chi connectivity index (χ1v) is 20.1. The minimum absolute atomic E-state index is 0.435. The van der Waals surface area contributed by atoms with Crippen molar-refractivity contribution in [2.24, 2.45) is 0 Å². The molecule has 1 heteroatoms. The second-order valence-corrected chi connectivity index (χ2v) is 15.2. The molecule has 1 aliphatic rings. The Morgan fingerprint density at radius 1 is 0.293 bits per heavy atom. The van der Waals surface area contributed by atoms with Crippen molar-refractivity contribution in [3.05, 3.63) is 259 Å². The van der Waals surface area contributed by atoms with Crippen LogP contribution in [0.2, 0.25) is 0 Å². The Bertz CT molecular complexity index is 3050. The quantitative estimate of drug-likeness (QED) is 0.157. The lowest BCUT2D eigenvalue weighted by Crippen LogP contribution is -2.28. The number of anilines is 3. The molecule has 10 aromatic rings. The zero-order chi connectivity index (χ0) is 38.5. The Hall–Kier alpha value is -7.48. The zero-order valence-corrected chi connectivity index (χ0v) is 32.0. The summed E-state index contributed by atoms with van der Waals surface area (Å²) in [6.45, 7) is 0. The van der Waals surface area contributed by atoms with Crippen LogP contribution in [-0.4, -0.2) is 0 Å². The van der Waals surface area contributed by atoms with Crippen molar-refractivity contribution < 1.29 is 0 Å². The molecule has 11 rings (SSSR count). The molecule has 0 aliphatic heterocycles. The van der Waals surface area contributed by atoms with Crippen LogP contribution in [0.1, 0.15) is 22.3 Å². The summed E-state index contributed by atoms with van der Waals surface area (Å²) < 4.78 is 0. The molecule has 58 heavy (non-hydrogen) atoms. The monoisotopic (exact) mass is 737 g/mol. The summed E-state index contributed by atoms with van der Waals surface area (Å²) >= 11 is 0. The van der Waals surface area contributed by atoms with Crippen molar-refractivity contribution in [1.29, 1.82) is 0 Å². The Morgan fingerprint density at radius 3 is 1.48 bits per heavy atom. The minimum Gasteiger partial charge on any atom is -0.310 e. The van der Waals surface area contributed by atoms with Gasteiger partial charge in [0.1, 0.15) is 0 Å². The predicted molar refractivity (Wildman–Crippen MR) is 244 cm³/mol. The standard InChI is InChI=1S/C57H39N/c1-3-19-45(20-4-1)57(46-21-5-2-6-22-46)54-27-12-11-24-53(54)56-52(26-14-28-55(56)57)43-32-36-48(37-33-43)58(49-38-29-40-15-7-8-17-44(40)39-49)47-34-30-42(31-35-47)51-25-13-18-41-16-9-10-23-50(41)51/h1-39H. The maximum atomic E-state index is 2.38. The highest BCUT2D eigenvalue weighted by Gasteiger charge is 2.46. The van der Waals surface area contributed by atoms with Gasteiger partial charge in [-0.3, -0.25) is 0 Å². The lowest BCUT2D eigenvalue weighted by Gasteiger charge is -2.34. The first-order chi connectivity index (χ1) is 28.8. The molecule has 0 saturated heterocycles. The molecule has 10 aromatic carbocycles. The maximum Gasteiger partial charge on any atom is 0.0713 e. The second kappa shape index (κ2) is 13.9. The minimum atomic E-state index is -0.435. The maximum absolute atomic E-state index is 2.38. The van der Waals surface area contributed by atoms with E-state index in [2.05, 4.69) is 241 Å². The van der Waals surface area contributed by atoms with E-state index in [0.29, 0.717) is 0 Å². The highest BCUT2D eigenvalue weighted by Crippen LogP contribution is 2.58. The van der Waals surface area contributed by atoms with E-state index >= 15 is 0 Å². The lowest BCUT2D eigenvalue weighted by molar-refractivity contribution is 0.768. The van der Waals surface area contributed by atoms with Gasteiger partial charge >= 0.3 is 0 Å². The van der Waals surface area contributed by atoms with E-state index in [-0.39, 0.29) is 0 Å². The first-order valence-electron chi connectivity index (χ1n) is 20.1. The van der Waals surface area contributed by atoms with Crippen LogP contribution in [0.25, 0.3) is 54.9 Å². The molecule has 0 spiro atoms. The van der Waals surface area contributed by atoms with Gasteiger partial charge in [-0.2, -0.15) is 0 Å². The van der Waals surface area contributed by atoms with Gasteiger partial charge in [0.2, 0.25) is 0 Å². The molecule has 0 unspecified atom stereocenters. The van der Waals surface area contributed by atoms with Crippen LogP contribution in [0.3, 0.4) is 0 Å². The number of rotatable bonds is 7. The molecule has 0 saturated carbocycles. The summed E-state index contributed by atoms with van der Waals surface area (Å²) in [5.41, 5.74) is 15.5. The van der Waals surface area contributed by atoms with Gasteiger partial charge in [-0.25, -0.2) is 0 Å². The molecule has 0 fully saturated rings. The van der Waals surface area contributed by atoms with Crippen molar-refractivity contribution in [1.82, 2.24) is 0 Å². The lowest BCUT2D eigenvalue weighted by atomic mass is 9.67. The fraction of sp³-hybridized carbons (Fsp3) is 0.0175.